The summed E-state index contributed by atoms with van der Waals surface area (Å²) in [7, 11) is 0. The Balaban J connectivity index is 1.54. The van der Waals surface area contributed by atoms with E-state index in [4.69, 9.17) is 4.74 Å². The highest BCUT2D eigenvalue weighted by Gasteiger charge is 2.48. The summed E-state index contributed by atoms with van der Waals surface area (Å²) in [5, 5.41) is 0. The van der Waals surface area contributed by atoms with Crippen LogP contribution in [-0.4, -0.2) is 46.6 Å². The molecule has 7 nitrogen and oxygen atoms in total. The van der Waals surface area contributed by atoms with E-state index in [0.717, 1.165) is 17.7 Å². The molecule has 122 valence electrons. The maximum atomic E-state index is 12.2. The number of ketones is 1. The fourth-order valence-electron chi connectivity index (χ4n) is 3.29. The Kier molecular flexibility index (Phi) is 4.27. The molecule has 1 aromatic rings. The number of carbonyl (C=O) groups excluding carboxylic acids is 4. The fourth-order valence-corrected chi connectivity index (χ4v) is 3.29. The van der Waals surface area contributed by atoms with Crippen LogP contribution in [0.15, 0.2) is 18.3 Å². The Hall–Kier alpha value is -2.44. The van der Waals surface area contributed by atoms with Crippen molar-refractivity contribution in [2.24, 2.45) is 11.8 Å². The van der Waals surface area contributed by atoms with Gasteiger partial charge in [0.25, 0.3) is 0 Å². The van der Waals surface area contributed by atoms with Gasteiger partial charge in [0.1, 0.15) is 6.54 Å². The largest absolute Gasteiger partial charge is 0.456 e. The van der Waals surface area contributed by atoms with Crippen molar-refractivity contribution in [1.29, 1.82) is 0 Å². The molecule has 0 bridgehead atoms. The first-order chi connectivity index (χ1) is 11.1. The number of rotatable bonds is 5. The number of nitrogens with zero attached hydrogens (tertiary/aromatic N) is 1. The van der Waals surface area contributed by atoms with Crippen LogP contribution in [0.25, 0.3) is 0 Å². The van der Waals surface area contributed by atoms with E-state index in [9.17, 15) is 19.2 Å². The van der Waals surface area contributed by atoms with Crippen LogP contribution in [0, 0.1) is 11.8 Å². The molecule has 1 saturated carbocycles. The van der Waals surface area contributed by atoms with Gasteiger partial charge in [-0.1, -0.05) is 12.8 Å². The van der Waals surface area contributed by atoms with Crippen molar-refractivity contribution in [2.45, 2.75) is 25.7 Å². The first-order valence-electron chi connectivity index (χ1n) is 7.75. The molecular formula is C16H18N2O5. The number of hydrogen-bond donors (Lipinski definition) is 1. The number of amides is 2. The van der Waals surface area contributed by atoms with Crippen LogP contribution in [0.4, 0.5) is 0 Å². The van der Waals surface area contributed by atoms with E-state index in [1.807, 2.05) is 0 Å². The predicted molar refractivity (Wildman–Crippen MR) is 78.3 cm³/mol. The molecule has 0 unspecified atom stereocenters. The van der Waals surface area contributed by atoms with Gasteiger partial charge >= 0.3 is 5.97 Å². The van der Waals surface area contributed by atoms with Crippen molar-refractivity contribution in [1.82, 2.24) is 9.88 Å². The minimum Gasteiger partial charge on any atom is -0.456 e. The number of Topliss-reactive ketones (excluding diaryl/α,β-unsaturated/α-hetero) is 1. The molecule has 7 heteroatoms. The number of fused-ring (bicyclic) bond motifs is 1. The summed E-state index contributed by atoms with van der Waals surface area (Å²) < 4.78 is 4.89. The molecule has 0 spiro atoms. The standard InChI is InChI=1S/C16H18N2O5/c19-13(12-6-3-7-17-12)9-23-14(20)8-18-15(21)10-4-1-2-5-11(10)16(18)22/h3,6-7,10-11,17H,1-2,4-5,8-9H2/t10-,11+. The molecule has 2 heterocycles. The Bertz CT molecular complexity index is 613. The number of ether oxygens (including phenoxy) is 1. The smallest absolute Gasteiger partial charge is 0.326 e. The Morgan fingerprint density at radius 2 is 1.83 bits per heavy atom. The zero-order valence-corrected chi connectivity index (χ0v) is 12.6. The third kappa shape index (κ3) is 3.04. The lowest BCUT2D eigenvalue weighted by atomic mass is 9.81. The number of imide groups is 1. The molecule has 2 aliphatic rings. The van der Waals surface area contributed by atoms with Gasteiger partial charge in [0, 0.05) is 6.20 Å². The highest BCUT2D eigenvalue weighted by atomic mass is 16.5. The molecule has 1 aliphatic heterocycles. The lowest BCUT2D eigenvalue weighted by Crippen LogP contribution is -2.37. The van der Waals surface area contributed by atoms with E-state index < -0.39 is 19.1 Å². The highest BCUT2D eigenvalue weighted by molar-refractivity contribution is 6.07. The summed E-state index contributed by atoms with van der Waals surface area (Å²) in [5.74, 6) is -2.25. The maximum Gasteiger partial charge on any atom is 0.326 e. The SMILES string of the molecule is O=C(CN1C(=O)[C@H]2CCCC[C@H]2C1=O)OCC(=O)c1ccc[nH]1. The van der Waals surface area contributed by atoms with Gasteiger partial charge < -0.3 is 9.72 Å². The van der Waals surface area contributed by atoms with Crippen LogP contribution in [0.3, 0.4) is 0 Å². The van der Waals surface area contributed by atoms with Gasteiger partial charge in [-0.3, -0.25) is 24.1 Å². The third-order valence-corrected chi connectivity index (χ3v) is 4.48. The van der Waals surface area contributed by atoms with Crippen molar-refractivity contribution in [3.63, 3.8) is 0 Å². The molecule has 23 heavy (non-hydrogen) atoms. The number of nitrogens with one attached hydrogen (secondary N) is 1. The zero-order chi connectivity index (χ0) is 16.4. The van der Waals surface area contributed by atoms with E-state index >= 15 is 0 Å². The lowest BCUT2D eigenvalue weighted by molar-refractivity contribution is -0.152. The van der Waals surface area contributed by atoms with Crippen molar-refractivity contribution in [3.05, 3.63) is 24.0 Å². The molecule has 0 radical (unpaired) electrons. The van der Waals surface area contributed by atoms with Crippen LogP contribution in [-0.2, 0) is 19.1 Å². The average molecular weight is 318 g/mol. The van der Waals surface area contributed by atoms with Crippen LogP contribution in [0.2, 0.25) is 0 Å². The molecule has 2 amide bonds. The molecular weight excluding hydrogens is 300 g/mol. The Morgan fingerprint density at radius 1 is 1.17 bits per heavy atom. The second kappa shape index (κ2) is 6.36. The first-order valence-corrected chi connectivity index (χ1v) is 7.75. The van der Waals surface area contributed by atoms with E-state index in [1.54, 1.807) is 18.3 Å². The van der Waals surface area contributed by atoms with Gasteiger partial charge in [-0.05, 0) is 25.0 Å². The molecule has 3 rings (SSSR count). The topological polar surface area (TPSA) is 96.5 Å². The number of likely N-dealkylation sites (tertiary alicyclic amines) is 1. The highest BCUT2D eigenvalue weighted by Crippen LogP contribution is 2.37. The molecule has 1 aliphatic carbocycles. The van der Waals surface area contributed by atoms with Gasteiger partial charge in [0.15, 0.2) is 6.61 Å². The van der Waals surface area contributed by atoms with E-state index in [1.165, 1.54) is 0 Å². The van der Waals surface area contributed by atoms with Crippen molar-refractivity contribution in [3.8, 4) is 0 Å². The van der Waals surface area contributed by atoms with Crippen LogP contribution in [0.5, 0.6) is 0 Å². The minimum atomic E-state index is -0.745. The number of aromatic nitrogens is 1. The summed E-state index contributed by atoms with van der Waals surface area (Å²) in [6.07, 6.45) is 4.86. The zero-order valence-electron chi connectivity index (χ0n) is 12.6. The quantitative estimate of drug-likeness (QED) is 0.494. The van der Waals surface area contributed by atoms with E-state index in [-0.39, 0.29) is 29.4 Å². The fraction of sp³-hybridized carbons (Fsp3) is 0.500. The third-order valence-electron chi connectivity index (χ3n) is 4.48. The van der Waals surface area contributed by atoms with E-state index in [2.05, 4.69) is 4.98 Å². The molecule has 1 aromatic heterocycles. The minimum absolute atomic E-state index is 0.285. The van der Waals surface area contributed by atoms with Crippen molar-refractivity contribution in [2.75, 3.05) is 13.2 Å². The summed E-state index contributed by atoms with van der Waals surface area (Å²) >= 11 is 0. The van der Waals surface area contributed by atoms with Crippen molar-refractivity contribution >= 4 is 23.6 Å². The summed E-state index contributed by atoms with van der Waals surface area (Å²) in [5.41, 5.74) is 0.345. The molecule has 2 fully saturated rings. The van der Waals surface area contributed by atoms with Gasteiger partial charge in [-0.25, -0.2) is 0 Å². The van der Waals surface area contributed by atoms with Gasteiger partial charge in [-0.2, -0.15) is 0 Å². The predicted octanol–water partition coefficient (Wildman–Crippen LogP) is 0.916. The van der Waals surface area contributed by atoms with Gasteiger partial charge in [0.2, 0.25) is 17.6 Å². The Morgan fingerprint density at radius 3 is 2.39 bits per heavy atom. The van der Waals surface area contributed by atoms with Crippen LogP contribution < -0.4 is 0 Å². The van der Waals surface area contributed by atoms with Gasteiger partial charge in [0.05, 0.1) is 17.5 Å². The number of aromatic amines is 1. The normalized spacial score (nSPS) is 23.7. The number of hydrogen-bond acceptors (Lipinski definition) is 5. The van der Waals surface area contributed by atoms with E-state index in [0.29, 0.717) is 18.5 Å². The summed E-state index contributed by atoms with van der Waals surface area (Å²) in [4.78, 5) is 51.7. The van der Waals surface area contributed by atoms with Gasteiger partial charge in [-0.15, -0.1) is 0 Å². The van der Waals surface area contributed by atoms with Crippen LogP contribution >= 0.6 is 0 Å². The lowest BCUT2D eigenvalue weighted by Gasteiger charge is -2.19. The maximum absolute atomic E-state index is 12.2. The Labute approximate surface area is 133 Å². The van der Waals surface area contributed by atoms with Crippen molar-refractivity contribution < 1.29 is 23.9 Å². The first kappa shape index (κ1) is 15.5. The number of esters is 1. The molecule has 1 N–H and O–H groups in total. The monoisotopic (exact) mass is 318 g/mol. The number of H-pyrrole nitrogens is 1. The number of carbonyl (C=O) groups is 4. The molecule has 1 saturated heterocycles. The molecule has 2 atom stereocenters. The molecule has 0 aromatic carbocycles. The van der Waals surface area contributed by atoms with Crippen LogP contribution in [0.1, 0.15) is 36.2 Å². The summed E-state index contributed by atoms with van der Waals surface area (Å²) in [6.45, 7) is -0.828. The second-order valence-electron chi connectivity index (χ2n) is 5.93. The second-order valence-corrected chi connectivity index (χ2v) is 5.93. The summed E-state index contributed by atoms with van der Waals surface area (Å²) in [6, 6.07) is 3.24. The average Bonchev–Trinajstić information content (AvgIpc) is 3.17.